The number of aliphatic hydroxyl groups excluding tert-OH is 1. The Labute approximate surface area is 210 Å². The summed E-state index contributed by atoms with van der Waals surface area (Å²) in [5.74, 6) is 0.223. The molecular formula is C29H29FN2O4. The predicted octanol–water partition coefficient (Wildman–Crippen LogP) is 4.74. The number of aliphatic hydroxyl groups is 1. The number of hydrogen-bond acceptors (Lipinski definition) is 5. The molecule has 3 aromatic rings. The van der Waals surface area contributed by atoms with E-state index in [4.69, 9.17) is 19.6 Å². The van der Waals surface area contributed by atoms with E-state index in [0.717, 1.165) is 5.56 Å². The van der Waals surface area contributed by atoms with Gasteiger partial charge in [-0.25, -0.2) is 9.38 Å². The molecule has 0 bridgehead atoms. The van der Waals surface area contributed by atoms with Gasteiger partial charge in [-0.2, -0.15) is 0 Å². The van der Waals surface area contributed by atoms with Crippen molar-refractivity contribution in [1.29, 1.82) is 0 Å². The van der Waals surface area contributed by atoms with E-state index < -0.39 is 11.6 Å². The van der Waals surface area contributed by atoms with Crippen LogP contribution < -0.4 is 10.1 Å². The van der Waals surface area contributed by atoms with Crippen molar-refractivity contribution in [3.63, 3.8) is 0 Å². The maximum Gasteiger partial charge on any atom is 0.252 e. The average Bonchev–Trinajstić information content (AvgIpc) is 3.30. The van der Waals surface area contributed by atoms with E-state index in [1.807, 2.05) is 42.5 Å². The van der Waals surface area contributed by atoms with Crippen LogP contribution in [0.3, 0.4) is 0 Å². The fourth-order valence-electron chi connectivity index (χ4n) is 4.13. The third-order valence-corrected chi connectivity index (χ3v) is 5.99. The Morgan fingerprint density at radius 1 is 1.11 bits per heavy atom. The highest BCUT2D eigenvalue weighted by Gasteiger charge is 2.52. The molecule has 0 unspecified atom stereocenters. The molecule has 0 saturated carbocycles. The lowest BCUT2D eigenvalue weighted by Gasteiger charge is -2.29. The van der Waals surface area contributed by atoms with Crippen LogP contribution in [0.25, 0.3) is 0 Å². The van der Waals surface area contributed by atoms with Gasteiger partial charge in [0.25, 0.3) is 5.91 Å². The molecule has 3 aromatic carbocycles. The molecule has 2 atom stereocenters. The number of ether oxygens (including phenoxy) is 2. The number of benzene rings is 3. The molecule has 1 aliphatic heterocycles. The summed E-state index contributed by atoms with van der Waals surface area (Å²) in [6.07, 6.45) is 1.71. The summed E-state index contributed by atoms with van der Waals surface area (Å²) < 4.78 is 26.1. The fraction of sp³-hybridized carbons (Fsp3) is 0.241. The highest BCUT2D eigenvalue weighted by Crippen LogP contribution is 2.42. The third kappa shape index (κ3) is 5.47. The number of carbonyl (C=O) groups is 1. The summed E-state index contributed by atoms with van der Waals surface area (Å²) in [5.41, 5.74) is 0.553. The molecule has 0 spiro atoms. The van der Waals surface area contributed by atoms with Gasteiger partial charge in [-0.15, -0.1) is 6.58 Å². The highest BCUT2D eigenvalue weighted by atomic mass is 19.1. The van der Waals surface area contributed by atoms with Crippen molar-refractivity contribution in [3.05, 3.63) is 114 Å². The second kappa shape index (κ2) is 11.6. The van der Waals surface area contributed by atoms with E-state index in [9.17, 15) is 9.18 Å². The number of nitrogens with zero attached hydrogens (tertiary/aromatic N) is 1. The van der Waals surface area contributed by atoms with E-state index in [0.29, 0.717) is 35.8 Å². The first-order valence-electron chi connectivity index (χ1n) is 11.9. The second-order valence-electron chi connectivity index (χ2n) is 8.47. The topological polar surface area (TPSA) is 80.2 Å². The lowest BCUT2D eigenvalue weighted by atomic mass is 9.84. The van der Waals surface area contributed by atoms with Gasteiger partial charge in [-0.05, 0) is 35.9 Å². The average molecular weight is 489 g/mol. The Bertz CT molecular complexity index is 1210. The molecule has 36 heavy (non-hydrogen) atoms. The lowest BCUT2D eigenvalue weighted by molar-refractivity contribution is -0.129. The van der Waals surface area contributed by atoms with Gasteiger partial charge in [-0.1, -0.05) is 54.6 Å². The predicted molar refractivity (Wildman–Crippen MR) is 136 cm³/mol. The summed E-state index contributed by atoms with van der Waals surface area (Å²) in [4.78, 5) is 18.5. The number of rotatable bonds is 11. The van der Waals surface area contributed by atoms with Crippen molar-refractivity contribution in [2.45, 2.75) is 31.0 Å². The minimum absolute atomic E-state index is 0.0244. The van der Waals surface area contributed by atoms with Crippen LogP contribution in [0.1, 0.15) is 35.6 Å². The highest BCUT2D eigenvalue weighted by molar-refractivity contribution is 6.01. The maximum absolute atomic E-state index is 14.2. The molecule has 7 heteroatoms. The monoisotopic (exact) mass is 488 g/mol. The Morgan fingerprint density at radius 2 is 1.83 bits per heavy atom. The minimum Gasteiger partial charge on any atom is -0.494 e. The maximum atomic E-state index is 14.2. The van der Waals surface area contributed by atoms with E-state index in [1.165, 1.54) is 6.07 Å². The van der Waals surface area contributed by atoms with Crippen molar-refractivity contribution in [1.82, 2.24) is 5.32 Å². The van der Waals surface area contributed by atoms with Crippen LogP contribution in [0.2, 0.25) is 0 Å². The molecule has 1 aliphatic rings. The standard InChI is InChI=1S/C29H29FN2O4/c1-2-17-29(28(34)31-20-23-11-6-7-12-25(23)30)26(21-9-4-3-5-10-21)36-27(32-29)22-13-15-24(16-14-22)35-19-8-18-33/h2-7,9-16,26,33H,1,8,17-20H2,(H,31,34)/t26-,29-/m1/s1. The van der Waals surface area contributed by atoms with Crippen molar-refractivity contribution in [3.8, 4) is 5.75 Å². The Morgan fingerprint density at radius 3 is 2.53 bits per heavy atom. The first-order chi connectivity index (χ1) is 17.6. The molecule has 1 amide bonds. The van der Waals surface area contributed by atoms with Gasteiger partial charge in [0.2, 0.25) is 5.90 Å². The molecule has 2 N–H and O–H groups in total. The van der Waals surface area contributed by atoms with Crippen LogP contribution in [-0.2, 0) is 16.1 Å². The zero-order valence-corrected chi connectivity index (χ0v) is 19.9. The quantitative estimate of drug-likeness (QED) is 0.302. The van der Waals surface area contributed by atoms with Gasteiger partial charge >= 0.3 is 0 Å². The van der Waals surface area contributed by atoms with Crippen LogP contribution in [0.15, 0.2) is 96.5 Å². The van der Waals surface area contributed by atoms with Crippen LogP contribution in [-0.4, -0.2) is 35.7 Å². The Balaban J connectivity index is 1.65. The summed E-state index contributed by atoms with van der Waals surface area (Å²) in [6.45, 7) is 4.36. The van der Waals surface area contributed by atoms with Gasteiger partial charge in [0.05, 0.1) is 6.61 Å². The normalized spacial score (nSPS) is 18.7. The van der Waals surface area contributed by atoms with Gasteiger partial charge < -0.3 is 19.9 Å². The molecule has 0 radical (unpaired) electrons. The van der Waals surface area contributed by atoms with E-state index in [2.05, 4.69) is 11.9 Å². The fourth-order valence-corrected chi connectivity index (χ4v) is 4.13. The van der Waals surface area contributed by atoms with Gasteiger partial charge in [0, 0.05) is 37.1 Å². The smallest absolute Gasteiger partial charge is 0.252 e. The van der Waals surface area contributed by atoms with Gasteiger partial charge in [-0.3, -0.25) is 4.79 Å². The van der Waals surface area contributed by atoms with Crippen LogP contribution in [0.5, 0.6) is 5.75 Å². The third-order valence-electron chi connectivity index (χ3n) is 5.99. The molecule has 0 fully saturated rings. The Kier molecular flexibility index (Phi) is 8.13. The van der Waals surface area contributed by atoms with E-state index in [-0.39, 0.29) is 31.3 Å². The second-order valence-corrected chi connectivity index (χ2v) is 8.47. The van der Waals surface area contributed by atoms with Crippen molar-refractivity contribution in [2.75, 3.05) is 13.2 Å². The number of nitrogens with one attached hydrogen (secondary N) is 1. The van der Waals surface area contributed by atoms with Crippen LogP contribution in [0.4, 0.5) is 4.39 Å². The molecular weight excluding hydrogens is 459 g/mol. The summed E-state index contributed by atoms with van der Waals surface area (Å²) in [6, 6.07) is 23.0. The molecule has 186 valence electrons. The first-order valence-corrected chi connectivity index (χ1v) is 11.9. The van der Waals surface area contributed by atoms with Crippen molar-refractivity contribution >= 4 is 11.8 Å². The van der Waals surface area contributed by atoms with Crippen LogP contribution in [0, 0.1) is 5.82 Å². The van der Waals surface area contributed by atoms with E-state index in [1.54, 1.807) is 36.4 Å². The van der Waals surface area contributed by atoms with Crippen LogP contribution >= 0.6 is 0 Å². The molecule has 0 aliphatic carbocycles. The molecule has 0 saturated heterocycles. The van der Waals surface area contributed by atoms with E-state index >= 15 is 0 Å². The summed E-state index contributed by atoms with van der Waals surface area (Å²) in [5, 5.41) is 11.8. The summed E-state index contributed by atoms with van der Waals surface area (Å²) in [7, 11) is 0. The number of aliphatic imine (C=N–C) groups is 1. The minimum atomic E-state index is -1.32. The number of halogens is 1. The molecule has 4 rings (SSSR count). The number of hydrogen-bond donors (Lipinski definition) is 2. The Hall–Kier alpha value is -3.97. The zero-order valence-electron chi connectivity index (χ0n) is 19.9. The first kappa shape index (κ1) is 25.1. The van der Waals surface area contributed by atoms with Gasteiger partial charge in [0.1, 0.15) is 11.6 Å². The van der Waals surface area contributed by atoms with Crippen molar-refractivity contribution in [2.24, 2.45) is 4.99 Å². The molecule has 0 aromatic heterocycles. The van der Waals surface area contributed by atoms with Gasteiger partial charge in [0.15, 0.2) is 11.6 Å². The number of carbonyl (C=O) groups excluding carboxylic acids is 1. The molecule has 1 heterocycles. The summed E-state index contributed by atoms with van der Waals surface area (Å²) >= 11 is 0. The molecule has 6 nitrogen and oxygen atoms in total. The zero-order chi connectivity index (χ0) is 25.4. The largest absolute Gasteiger partial charge is 0.494 e. The van der Waals surface area contributed by atoms with Crippen molar-refractivity contribution < 1.29 is 23.8 Å². The lowest BCUT2D eigenvalue weighted by Crippen LogP contribution is -2.47. The SMILES string of the molecule is C=CC[C@@]1(C(=O)NCc2ccccc2F)N=C(c2ccc(OCCCO)cc2)O[C@@H]1c1ccccc1. The number of amides is 1.